The molecule has 0 atom stereocenters. The van der Waals surface area contributed by atoms with E-state index >= 15 is 0 Å². The van der Waals surface area contributed by atoms with Gasteiger partial charge in [-0.1, -0.05) is 28.9 Å². The van der Waals surface area contributed by atoms with E-state index in [1.165, 1.54) is 0 Å². The SMILES string of the molecule is COc1ccc(CCC(=O)NCCc2nc(-c3ccc(Cl)cc3)no2)cc1. The van der Waals surface area contributed by atoms with Crippen LogP contribution in [0.1, 0.15) is 17.9 Å². The Balaban J connectivity index is 1.41. The number of halogens is 1. The molecule has 7 heteroatoms. The van der Waals surface area contributed by atoms with Gasteiger partial charge in [0.15, 0.2) is 0 Å². The van der Waals surface area contributed by atoms with Gasteiger partial charge in [0, 0.05) is 30.0 Å². The molecule has 2 aromatic carbocycles. The van der Waals surface area contributed by atoms with Gasteiger partial charge >= 0.3 is 0 Å². The standard InChI is InChI=1S/C20H20ClN3O3/c1-26-17-9-2-14(3-10-17)4-11-18(25)22-13-12-19-23-20(24-27-19)15-5-7-16(21)8-6-15/h2-3,5-10H,4,11-13H2,1H3,(H,22,25). The Morgan fingerprint density at radius 3 is 2.56 bits per heavy atom. The van der Waals surface area contributed by atoms with Crippen molar-refractivity contribution in [1.82, 2.24) is 15.5 Å². The summed E-state index contributed by atoms with van der Waals surface area (Å²) in [6.45, 7) is 0.448. The molecule has 1 aromatic heterocycles. The number of hydrogen-bond acceptors (Lipinski definition) is 5. The molecule has 0 radical (unpaired) electrons. The first kappa shape index (κ1) is 18.9. The molecule has 3 aromatic rings. The van der Waals surface area contributed by atoms with Crippen molar-refractivity contribution in [3.63, 3.8) is 0 Å². The number of hydrogen-bond donors (Lipinski definition) is 1. The van der Waals surface area contributed by atoms with E-state index in [2.05, 4.69) is 15.5 Å². The molecular formula is C20H20ClN3O3. The molecule has 6 nitrogen and oxygen atoms in total. The van der Waals surface area contributed by atoms with Crippen molar-refractivity contribution in [2.24, 2.45) is 0 Å². The van der Waals surface area contributed by atoms with Gasteiger partial charge in [0.25, 0.3) is 0 Å². The molecule has 1 amide bonds. The number of amides is 1. The summed E-state index contributed by atoms with van der Waals surface area (Å²) in [5.74, 6) is 1.78. The van der Waals surface area contributed by atoms with Crippen molar-refractivity contribution in [2.45, 2.75) is 19.3 Å². The fourth-order valence-electron chi connectivity index (χ4n) is 2.52. The van der Waals surface area contributed by atoms with Gasteiger partial charge < -0.3 is 14.6 Å². The number of aromatic nitrogens is 2. The number of benzene rings is 2. The molecule has 0 unspecified atom stereocenters. The second-order valence-electron chi connectivity index (χ2n) is 5.97. The summed E-state index contributed by atoms with van der Waals surface area (Å²) >= 11 is 5.87. The summed E-state index contributed by atoms with van der Waals surface area (Å²) in [5.41, 5.74) is 1.92. The van der Waals surface area contributed by atoms with Crippen LogP contribution in [0, 0.1) is 0 Å². The Bertz CT molecular complexity index is 876. The maximum absolute atomic E-state index is 12.0. The van der Waals surface area contributed by atoms with E-state index in [1.807, 2.05) is 36.4 Å². The van der Waals surface area contributed by atoms with E-state index in [0.29, 0.717) is 42.5 Å². The molecule has 0 saturated carbocycles. The highest BCUT2D eigenvalue weighted by Gasteiger charge is 2.09. The van der Waals surface area contributed by atoms with Crippen LogP contribution in [-0.4, -0.2) is 29.7 Å². The molecule has 0 saturated heterocycles. The molecule has 140 valence electrons. The van der Waals surface area contributed by atoms with Gasteiger partial charge in [-0.15, -0.1) is 0 Å². The molecule has 0 aliphatic rings. The number of rotatable bonds is 8. The highest BCUT2D eigenvalue weighted by atomic mass is 35.5. The molecular weight excluding hydrogens is 366 g/mol. The van der Waals surface area contributed by atoms with Crippen LogP contribution in [0.5, 0.6) is 5.75 Å². The van der Waals surface area contributed by atoms with Crippen LogP contribution in [0.4, 0.5) is 0 Å². The molecule has 3 rings (SSSR count). The third-order valence-corrected chi connectivity index (χ3v) is 4.28. The summed E-state index contributed by atoms with van der Waals surface area (Å²) < 4.78 is 10.3. The number of aryl methyl sites for hydroxylation is 1. The second-order valence-corrected chi connectivity index (χ2v) is 6.40. The van der Waals surface area contributed by atoms with Crippen LogP contribution in [0.25, 0.3) is 11.4 Å². The minimum absolute atomic E-state index is 0.0109. The predicted molar refractivity (Wildman–Crippen MR) is 103 cm³/mol. The lowest BCUT2D eigenvalue weighted by Crippen LogP contribution is -2.25. The highest BCUT2D eigenvalue weighted by molar-refractivity contribution is 6.30. The van der Waals surface area contributed by atoms with Crippen molar-refractivity contribution >= 4 is 17.5 Å². The Morgan fingerprint density at radius 1 is 1.11 bits per heavy atom. The maximum atomic E-state index is 12.0. The summed E-state index contributed by atoms with van der Waals surface area (Å²) in [5, 5.41) is 7.48. The minimum atomic E-state index is -0.0109. The molecule has 0 aliphatic carbocycles. The van der Waals surface area contributed by atoms with Gasteiger partial charge in [-0.25, -0.2) is 0 Å². The molecule has 1 heterocycles. The number of nitrogens with zero attached hydrogens (tertiary/aromatic N) is 2. The fourth-order valence-corrected chi connectivity index (χ4v) is 2.65. The van der Waals surface area contributed by atoms with Crippen molar-refractivity contribution in [3.8, 4) is 17.1 Å². The van der Waals surface area contributed by atoms with Crippen LogP contribution in [-0.2, 0) is 17.6 Å². The summed E-state index contributed by atoms with van der Waals surface area (Å²) in [7, 11) is 1.63. The molecule has 0 aliphatic heterocycles. The number of ether oxygens (including phenoxy) is 1. The predicted octanol–water partition coefficient (Wildman–Crippen LogP) is 3.69. The average Bonchev–Trinajstić information content (AvgIpc) is 3.16. The zero-order valence-electron chi connectivity index (χ0n) is 14.9. The minimum Gasteiger partial charge on any atom is -0.497 e. The first-order valence-corrected chi connectivity index (χ1v) is 9.00. The van der Waals surface area contributed by atoms with E-state index in [1.54, 1.807) is 19.2 Å². The largest absolute Gasteiger partial charge is 0.497 e. The maximum Gasteiger partial charge on any atom is 0.228 e. The van der Waals surface area contributed by atoms with Gasteiger partial charge in [0.1, 0.15) is 5.75 Å². The number of carbonyl (C=O) groups excluding carboxylic acids is 1. The van der Waals surface area contributed by atoms with Crippen LogP contribution in [0.3, 0.4) is 0 Å². The van der Waals surface area contributed by atoms with Crippen LogP contribution >= 0.6 is 11.6 Å². The normalized spacial score (nSPS) is 10.6. The number of methoxy groups -OCH3 is 1. The number of nitrogens with one attached hydrogen (secondary N) is 1. The average molecular weight is 386 g/mol. The summed E-state index contributed by atoms with van der Waals surface area (Å²) in [6.07, 6.45) is 1.58. The Morgan fingerprint density at radius 2 is 1.85 bits per heavy atom. The van der Waals surface area contributed by atoms with Crippen molar-refractivity contribution in [1.29, 1.82) is 0 Å². The zero-order chi connectivity index (χ0) is 19.1. The third-order valence-electron chi connectivity index (χ3n) is 4.03. The van der Waals surface area contributed by atoms with Crippen molar-refractivity contribution in [2.75, 3.05) is 13.7 Å². The monoisotopic (exact) mass is 385 g/mol. The molecule has 0 fully saturated rings. The Labute approximate surface area is 162 Å². The van der Waals surface area contributed by atoms with Crippen molar-refractivity contribution < 1.29 is 14.1 Å². The van der Waals surface area contributed by atoms with Crippen molar-refractivity contribution in [3.05, 3.63) is 65.0 Å². The lowest BCUT2D eigenvalue weighted by Gasteiger charge is -2.05. The van der Waals surface area contributed by atoms with Gasteiger partial charge in [0.2, 0.25) is 17.6 Å². The third kappa shape index (κ3) is 5.56. The fraction of sp³-hybridized carbons (Fsp3) is 0.250. The zero-order valence-corrected chi connectivity index (χ0v) is 15.7. The molecule has 27 heavy (non-hydrogen) atoms. The first-order valence-electron chi connectivity index (χ1n) is 8.62. The van der Waals surface area contributed by atoms with E-state index in [9.17, 15) is 4.79 Å². The van der Waals surface area contributed by atoms with Gasteiger partial charge in [-0.3, -0.25) is 4.79 Å². The van der Waals surface area contributed by atoms with Gasteiger partial charge in [-0.05, 0) is 48.4 Å². The lowest BCUT2D eigenvalue weighted by molar-refractivity contribution is -0.121. The van der Waals surface area contributed by atoms with E-state index in [0.717, 1.165) is 16.9 Å². The Hall–Kier alpha value is -2.86. The molecule has 0 spiro atoms. The summed E-state index contributed by atoms with van der Waals surface area (Å²) in [4.78, 5) is 16.3. The van der Waals surface area contributed by atoms with Gasteiger partial charge in [-0.2, -0.15) is 4.98 Å². The van der Waals surface area contributed by atoms with Crippen LogP contribution < -0.4 is 10.1 Å². The highest BCUT2D eigenvalue weighted by Crippen LogP contribution is 2.18. The lowest BCUT2D eigenvalue weighted by atomic mass is 10.1. The summed E-state index contributed by atoms with van der Waals surface area (Å²) in [6, 6.07) is 14.9. The van der Waals surface area contributed by atoms with Crippen LogP contribution in [0.15, 0.2) is 53.1 Å². The smallest absolute Gasteiger partial charge is 0.228 e. The van der Waals surface area contributed by atoms with E-state index < -0.39 is 0 Å². The number of carbonyl (C=O) groups is 1. The topological polar surface area (TPSA) is 77.2 Å². The van der Waals surface area contributed by atoms with E-state index in [-0.39, 0.29) is 5.91 Å². The van der Waals surface area contributed by atoms with Crippen LogP contribution in [0.2, 0.25) is 5.02 Å². The second kappa shape index (κ2) is 9.19. The quantitative estimate of drug-likeness (QED) is 0.639. The first-order chi connectivity index (χ1) is 13.1. The molecule has 0 bridgehead atoms. The Kier molecular flexibility index (Phi) is 6.44. The molecule has 1 N–H and O–H groups in total. The van der Waals surface area contributed by atoms with E-state index in [4.69, 9.17) is 20.9 Å². The van der Waals surface area contributed by atoms with Gasteiger partial charge in [0.05, 0.1) is 7.11 Å².